The summed E-state index contributed by atoms with van der Waals surface area (Å²) in [5.41, 5.74) is 2.48. The van der Waals surface area contributed by atoms with Crippen LogP contribution in [0.15, 0.2) is 34.3 Å². The molecule has 3 aliphatic heterocycles. The quantitative estimate of drug-likeness (QED) is 0.258. The van der Waals surface area contributed by atoms with Crippen LogP contribution in [-0.4, -0.2) is 75.8 Å². The Morgan fingerprint density at radius 3 is 2.58 bits per heavy atom. The Balaban J connectivity index is 0.00000370. The molecule has 2 aromatic carbocycles. The van der Waals surface area contributed by atoms with Crippen molar-refractivity contribution in [3.8, 4) is 34.8 Å². The fraction of sp³-hybridized carbons (Fsp3) is 0.321. The summed E-state index contributed by atoms with van der Waals surface area (Å²) < 4.78 is 23.7. The van der Waals surface area contributed by atoms with Crippen molar-refractivity contribution in [3.05, 3.63) is 51.0 Å². The largest absolute Gasteiger partial charge is 1.00 e. The number of carbonyl (C=O) groups is 3. The first-order valence-corrected chi connectivity index (χ1v) is 13.0. The monoisotopic (exact) mass is 631 g/mol. The third-order valence-corrected chi connectivity index (χ3v) is 7.47. The summed E-state index contributed by atoms with van der Waals surface area (Å²) >= 11 is 3.42. The molecule has 10 nitrogen and oxygen atoms in total. The smallest absolute Gasteiger partial charge is 0.333 e. The number of nitrogens with one attached hydrogen (secondary N) is 1. The first kappa shape index (κ1) is 29.3. The molecule has 1 saturated heterocycles. The van der Waals surface area contributed by atoms with Crippen molar-refractivity contribution in [3.63, 3.8) is 0 Å². The van der Waals surface area contributed by atoms with Crippen LogP contribution in [-0.2, 0) is 16.0 Å². The van der Waals surface area contributed by atoms with E-state index in [-0.39, 0.29) is 37.4 Å². The number of hydrogen-bond acceptors (Lipinski definition) is 7. The predicted molar refractivity (Wildman–Crippen MR) is 144 cm³/mol. The highest BCUT2D eigenvalue weighted by atomic mass is 79.9. The molecule has 40 heavy (non-hydrogen) atoms. The number of halogens is 2. The lowest BCUT2D eigenvalue weighted by molar-refractivity contribution is -0.905. The highest BCUT2D eigenvalue weighted by Gasteiger charge is 2.38. The summed E-state index contributed by atoms with van der Waals surface area (Å²) in [6.45, 7) is 1.13. The van der Waals surface area contributed by atoms with Gasteiger partial charge in [0.05, 0.1) is 26.3 Å². The van der Waals surface area contributed by atoms with Gasteiger partial charge in [-0.25, -0.2) is 4.79 Å². The van der Waals surface area contributed by atoms with Crippen LogP contribution in [0, 0.1) is 11.8 Å². The Morgan fingerprint density at radius 1 is 1.15 bits per heavy atom. The van der Waals surface area contributed by atoms with Gasteiger partial charge in [0.25, 0.3) is 11.8 Å². The summed E-state index contributed by atoms with van der Waals surface area (Å²) in [5.74, 6) is 7.49. The van der Waals surface area contributed by atoms with Crippen molar-refractivity contribution >= 4 is 39.9 Å². The van der Waals surface area contributed by atoms with Crippen LogP contribution in [0.3, 0.4) is 0 Å². The highest BCUT2D eigenvalue weighted by molar-refractivity contribution is 9.10. The number of hydrogen-bond donors (Lipinski definition) is 1. The van der Waals surface area contributed by atoms with Crippen LogP contribution in [0.5, 0.6) is 23.0 Å². The van der Waals surface area contributed by atoms with Gasteiger partial charge in [0.2, 0.25) is 12.5 Å². The van der Waals surface area contributed by atoms with Crippen LogP contribution in [0.25, 0.3) is 6.08 Å². The molecule has 1 fully saturated rings. The van der Waals surface area contributed by atoms with Gasteiger partial charge in [-0.15, -0.1) is 0 Å². The van der Waals surface area contributed by atoms with Gasteiger partial charge in [0.1, 0.15) is 17.9 Å². The van der Waals surface area contributed by atoms with E-state index in [0.717, 1.165) is 38.4 Å². The zero-order valence-electron chi connectivity index (χ0n) is 22.3. The second-order valence-electron chi connectivity index (χ2n) is 9.36. The van der Waals surface area contributed by atoms with Gasteiger partial charge in [0.15, 0.2) is 17.5 Å². The average molecular weight is 633 g/mol. The molecule has 0 radical (unpaired) electrons. The molecule has 1 N–H and O–H groups in total. The Hall–Kier alpha value is -3.72. The summed E-state index contributed by atoms with van der Waals surface area (Å²) in [6.07, 6.45) is 2.30. The van der Waals surface area contributed by atoms with E-state index in [2.05, 4.69) is 34.8 Å². The van der Waals surface area contributed by atoms with Gasteiger partial charge in [-0.2, -0.15) is 0 Å². The normalized spacial score (nSPS) is 19.4. The standard InChI is InChI=1S/C28H26BrN3O7.ClH/c1-30-10-9-16-14-22-24(39-15-38-22)25(36-4)23(16)20(30)6-5-11-37-21-8-7-18(29)12-17(21)13-19-26(33)31(2)28(35)32(3)27(19)34;/h7-8,12-14,20H,9-11,15H2,1-4H3;1H. The molecule has 0 aromatic heterocycles. The number of rotatable bonds is 4. The minimum absolute atomic E-state index is 0. The second-order valence-corrected chi connectivity index (χ2v) is 10.3. The Labute approximate surface area is 246 Å². The number of carbonyl (C=O) groups excluding carboxylic acids is 3. The molecule has 3 heterocycles. The van der Waals surface area contributed by atoms with Crippen LogP contribution in [0.1, 0.15) is 22.7 Å². The van der Waals surface area contributed by atoms with Crippen LogP contribution in [0.2, 0.25) is 0 Å². The molecule has 2 atom stereocenters. The number of imide groups is 2. The zero-order chi connectivity index (χ0) is 27.8. The molecule has 0 saturated carbocycles. The van der Waals surface area contributed by atoms with Crippen LogP contribution < -0.4 is 36.3 Å². The summed E-state index contributed by atoms with van der Waals surface area (Å²) in [5, 5.41) is 0. The maximum absolute atomic E-state index is 12.7. The number of ether oxygens (including phenoxy) is 4. The number of fused-ring (bicyclic) bond motifs is 2. The lowest BCUT2D eigenvalue weighted by Crippen LogP contribution is -3.10. The fourth-order valence-electron chi connectivity index (χ4n) is 4.87. The van der Waals surface area contributed by atoms with E-state index in [9.17, 15) is 14.4 Å². The summed E-state index contributed by atoms with van der Waals surface area (Å²) in [4.78, 5) is 40.4. The SMILES string of the molecule is COc1c2c(cc3c1C(C#CCOc1ccc(Br)cc1C=C1C(=O)N(C)C(=O)N(C)C1=O)[NH+](C)CC3)OCO2.[Cl-]. The molecular weight excluding hydrogens is 606 g/mol. The second kappa shape index (κ2) is 11.8. The first-order valence-electron chi connectivity index (χ1n) is 12.3. The number of nitrogens with zero attached hydrogens (tertiary/aromatic N) is 2. The van der Waals surface area contributed by atoms with E-state index in [1.807, 2.05) is 6.07 Å². The van der Waals surface area contributed by atoms with Crippen molar-refractivity contribution < 1.29 is 50.6 Å². The Morgan fingerprint density at radius 2 is 1.88 bits per heavy atom. The minimum Gasteiger partial charge on any atom is -1.00 e. The number of likely N-dealkylation sites (N-methyl/N-ethyl adjacent to an activating group) is 3. The minimum atomic E-state index is -0.680. The Bertz CT molecular complexity index is 1460. The molecule has 3 aliphatic rings. The van der Waals surface area contributed by atoms with Crippen molar-refractivity contribution in [2.45, 2.75) is 12.5 Å². The van der Waals surface area contributed by atoms with Crippen molar-refractivity contribution in [1.29, 1.82) is 0 Å². The molecule has 4 amide bonds. The van der Waals surface area contributed by atoms with E-state index in [1.165, 1.54) is 25.1 Å². The number of quaternary nitrogens is 1. The van der Waals surface area contributed by atoms with E-state index in [4.69, 9.17) is 18.9 Å². The van der Waals surface area contributed by atoms with Gasteiger partial charge >= 0.3 is 6.03 Å². The molecule has 12 heteroatoms. The van der Waals surface area contributed by atoms with E-state index in [0.29, 0.717) is 28.6 Å². The molecule has 0 spiro atoms. The maximum Gasteiger partial charge on any atom is 0.333 e. The molecular formula is C28H27BrClN3O7. The van der Waals surface area contributed by atoms with E-state index < -0.39 is 17.8 Å². The van der Waals surface area contributed by atoms with Gasteiger partial charge in [-0.1, -0.05) is 21.9 Å². The lowest BCUT2D eigenvalue weighted by atomic mass is 9.91. The Kier molecular flexibility index (Phi) is 8.63. The van der Waals surface area contributed by atoms with E-state index in [1.54, 1.807) is 25.3 Å². The molecule has 210 valence electrons. The molecule has 0 bridgehead atoms. The fourth-order valence-corrected chi connectivity index (χ4v) is 5.25. The molecule has 0 aliphatic carbocycles. The van der Waals surface area contributed by atoms with Crippen LogP contribution >= 0.6 is 15.9 Å². The number of benzene rings is 2. The third kappa shape index (κ3) is 5.22. The zero-order valence-corrected chi connectivity index (χ0v) is 24.6. The van der Waals surface area contributed by atoms with Crippen molar-refractivity contribution in [2.75, 3.05) is 48.2 Å². The number of urea groups is 1. The highest BCUT2D eigenvalue weighted by Crippen LogP contribution is 2.47. The van der Waals surface area contributed by atoms with E-state index >= 15 is 0 Å². The van der Waals surface area contributed by atoms with Gasteiger partial charge < -0.3 is 36.3 Å². The van der Waals surface area contributed by atoms with Gasteiger partial charge in [-0.05, 0) is 41.8 Å². The number of barbiturate groups is 1. The molecule has 2 unspecified atom stereocenters. The third-order valence-electron chi connectivity index (χ3n) is 6.98. The number of methoxy groups -OCH3 is 1. The maximum atomic E-state index is 12.7. The summed E-state index contributed by atoms with van der Waals surface area (Å²) in [6, 6.07) is 6.42. The topological polar surface area (TPSA) is 99.1 Å². The van der Waals surface area contributed by atoms with Gasteiger partial charge in [0, 0.05) is 30.6 Å². The number of amides is 4. The van der Waals surface area contributed by atoms with Crippen molar-refractivity contribution in [2.24, 2.45) is 0 Å². The van der Waals surface area contributed by atoms with Crippen LogP contribution in [0.4, 0.5) is 4.79 Å². The predicted octanol–water partition coefficient (Wildman–Crippen LogP) is -1.18. The average Bonchev–Trinajstić information content (AvgIpc) is 3.40. The van der Waals surface area contributed by atoms with Gasteiger partial charge in [-0.3, -0.25) is 19.4 Å². The first-order chi connectivity index (χ1) is 18.7. The lowest BCUT2D eigenvalue weighted by Gasteiger charge is -2.30. The molecule has 2 aromatic rings. The molecule has 5 rings (SSSR count). The van der Waals surface area contributed by atoms with Crippen molar-refractivity contribution in [1.82, 2.24) is 9.80 Å². The summed E-state index contributed by atoms with van der Waals surface area (Å²) in [7, 11) is 6.37.